The normalized spacial score (nSPS) is 11.9. The van der Waals surface area contributed by atoms with E-state index in [1.807, 2.05) is 60.8 Å². The van der Waals surface area contributed by atoms with Gasteiger partial charge in [-0.2, -0.15) is 0 Å². The minimum atomic E-state index is -0.152. The monoisotopic (exact) mass is 403 g/mol. The van der Waals surface area contributed by atoms with Crippen LogP contribution in [0.25, 0.3) is 22.3 Å². The van der Waals surface area contributed by atoms with Crippen LogP contribution in [0.1, 0.15) is 22.9 Å². The van der Waals surface area contributed by atoms with Crippen molar-refractivity contribution in [1.82, 2.24) is 19.9 Å². The van der Waals surface area contributed by atoms with Gasteiger partial charge in [-0.05, 0) is 48.9 Å². The number of hydrogen-bond acceptors (Lipinski definition) is 5. The van der Waals surface area contributed by atoms with Crippen LogP contribution in [0.4, 0.5) is 5.82 Å². The highest BCUT2D eigenvalue weighted by Gasteiger charge is 2.19. The molecule has 0 aliphatic rings. The largest absolute Gasteiger partial charge is 0.357 e. The molecule has 5 rings (SSSR count). The molecular weight excluding hydrogens is 382 g/mol. The Labute approximate surface area is 180 Å². The lowest BCUT2D eigenvalue weighted by Gasteiger charge is -2.21. The van der Waals surface area contributed by atoms with Gasteiger partial charge in [-0.1, -0.05) is 48.0 Å². The molecule has 0 aliphatic heterocycles. The predicted molar refractivity (Wildman–Crippen MR) is 124 cm³/mol. The van der Waals surface area contributed by atoms with Crippen molar-refractivity contribution in [3.8, 4) is 11.4 Å². The molecule has 3 heterocycles. The molecule has 0 saturated heterocycles. The maximum absolute atomic E-state index is 4.89. The maximum Gasteiger partial charge on any atom is 0.163 e. The van der Waals surface area contributed by atoms with Gasteiger partial charge in [0.05, 0.1) is 17.3 Å². The Morgan fingerprint density at radius 1 is 0.806 bits per heavy atom. The summed E-state index contributed by atoms with van der Waals surface area (Å²) < 4.78 is 0. The van der Waals surface area contributed by atoms with Gasteiger partial charge in [0.25, 0.3) is 0 Å². The molecule has 31 heavy (non-hydrogen) atoms. The van der Waals surface area contributed by atoms with Gasteiger partial charge in [0.1, 0.15) is 5.82 Å². The Balaban J connectivity index is 1.66. The third-order valence-electron chi connectivity index (χ3n) is 5.16. The van der Waals surface area contributed by atoms with Gasteiger partial charge >= 0.3 is 0 Å². The number of para-hydroxylation sites is 1. The second-order valence-corrected chi connectivity index (χ2v) is 7.40. The van der Waals surface area contributed by atoms with E-state index < -0.39 is 0 Å². The maximum atomic E-state index is 4.89. The molecule has 5 nitrogen and oxygen atoms in total. The van der Waals surface area contributed by atoms with Crippen LogP contribution in [-0.4, -0.2) is 19.9 Å². The summed E-state index contributed by atoms with van der Waals surface area (Å²) >= 11 is 0. The zero-order valence-electron chi connectivity index (χ0n) is 17.1. The summed E-state index contributed by atoms with van der Waals surface area (Å²) in [5.74, 6) is 1.40. The SMILES string of the molecule is Cc1cccc(C(Nc2nc(-c3cccnc3)nc3ccccc23)c2ccccn2)c1. The van der Waals surface area contributed by atoms with Crippen molar-refractivity contribution in [2.45, 2.75) is 13.0 Å². The minimum absolute atomic E-state index is 0.152. The van der Waals surface area contributed by atoms with E-state index in [2.05, 4.69) is 46.5 Å². The number of benzene rings is 2. The van der Waals surface area contributed by atoms with E-state index in [9.17, 15) is 0 Å². The highest BCUT2D eigenvalue weighted by Crippen LogP contribution is 2.30. The highest BCUT2D eigenvalue weighted by atomic mass is 15.1. The molecule has 1 atom stereocenters. The number of aromatic nitrogens is 4. The van der Waals surface area contributed by atoms with Gasteiger partial charge in [-0.15, -0.1) is 0 Å². The van der Waals surface area contributed by atoms with Crippen LogP contribution < -0.4 is 5.32 Å². The van der Waals surface area contributed by atoms with Crippen LogP contribution in [0.2, 0.25) is 0 Å². The molecule has 1 unspecified atom stereocenters. The lowest BCUT2D eigenvalue weighted by Crippen LogP contribution is -2.15. The number of nitrogens with zero attached hydrogens (tertiary/aromatic N) is 4. The van der Waals surface area contributed by atoms with Crippen LogP contribution >= 0.6 is 0 Å². The van der Waals surface area contributed by atoms with Crippen molar-refractivity contribution in [1.29, 1.82) is 0 Å². The van der Waals surface area contributed by atoms with Crippen molar-refractivity contribution in [3.63, 3.8) is 0 Å². The first kappa shape index (κ1) is 18.9. The van der Waals surface area contributed by atoms with Crippen LogP contribution in [0.3, 0.4) is 0 Å². The van der Waals surface area contributed by atoms with E-state index >= 15 is 0 Å². The number of anilines is 1. The number of pyridine rings is 2. The van der Waals surface area contributed by atoms with Gasteiger partial charge in [-0.3, -0.25) is 9.97 Å². The number of rotatable bonds is 5. The van der Waals surface area contributed by atoms with Crippen molar-refractivity contribution >= 4 is 16.7 Å². The Kier molecular flexibility index (Phi) is 5.07. The molecule has 0 bridgehead atoms. The molecule has 0 spiro atoms. The molecule has 3 aromatic heterocycles. The molecule has 150 valence electrons. The van der Waals surface area contributed by atoms with Crippen molar-refractivity contribution in [2.75, 3.05) is 5.32 Å². The molecule has 0 aliphatic carbocycles. The van der Waals surface area contributed by atoms with Gasteiger partial charge in [0, 0.05) is 29.5 Å². The first-order valence-corrected chi connectivity index (χ1v) is 10.2. The number of nitrogens with one attached hydrogen (secondary N) is 1. The van der Waals surface area contributed by atoms with Gasteiger partial charge < -0.3 is 5.32 Å². The molecule has 5 aromatic rings. The summed E-state index contributed by atoms with van der Waals surface area (Å²) in [5.41, 5.74) is 5.01. The molecule has 0 radical (unpaired) electrons. The summed E-state index contributed by atoms with van der Waals surface area (Å²) in [5, 5.41) is 4.62. The quantitative estimate of drug-likeness (QED) is 0.414. The molecule has 1 N–H and O–H groups in total. The third kappa shape index (κ3) is 3.98. The van der Waals surface area contributed by atoms with Gasteiger partial charge in [-0.25, -0.2) is 9.97 Å². The standard InChI is InChI=1S/C26H21N5/c1-18-8-6-9-19(16-18)24(23-13-4-5-15-28-23)30-26-21-11-2-3-12-22(21)29-25(31-26)20-10-7-14-27-17-20/h2-17,24H,1H3,(H,29,30,31). The summed E-state index contributed by atoms with van der Waals surface area (Å²) in [7, 11) is 0. The Morgan fingerprint density at radius 3 is 2.52 bits per heavy atom. The Bertz CT molecular complexity index is 1320. The minimum Gasteiger partial charge on any atom is -0.357 e. The number of hydrogen-bond donors (Lipinski definition) is 1. The van der Waals surface area contributed by atoms with Crippen LogP contribution in [0.5, 0.6) is 0 Å². The molecule has 2 aromatic carbocycles. The zero-order valence-corrected chi connectivity index (χ0v) is 17.1. The average molecular weight is 403 g/mol. The third-order valence-corrected chi connectivity index (χ3v) is 5.16. The second kappa shape index (κ2) is 8.32. The van der Waals surface area contributed by atoms with Crippen LogP contribution in [-0.2, 0) is 0 Å². The summed E-state index contributed by atoms with van der Waals surface area (Å²) in [4.78, 5) is 18.5. The van der Waals surface area contributed by atoms with E-state index in [0.717, 1.165) is 33.5 Å². The fraction of sp³-hybridized carbons (Fsp3) is 0.0769. The van der Waals surface area contributed by atoms with Crippen molar-refractivity contribution in [3.05, 3.63) is 114 Å². The Morgan fingerprint density at radius 2 is 1.71 bits per heavy atom. The van der Waals surface area contributed by atoms with Crippen LogP contribution in [0.15, 0.2) is 97.5 Å². The summed E-state index contributed by atoms with van der Waals surface area (Å²) in [6.07, 6.45) is 5.35. The van der Waals surface area contributed by atoms with E-state index in [0.29, 0.717) is 5.82 Å². The van der Waals surface area contributed by atoms with E-state index in [1.165, 1.54) is 5.56 Å². The average Bonchev–Trinajstić information content (AvgIpc) is 2.83. The highest BCUT2D eigenvalue weighted by molar-refractivity contribution is 5.90. The molecule has 5 heteroatoms. The molecular formula is C26H21N5. The fourth-order valence-corrected chi connectivity index (χ4v) is 3.67. The predicted octanol–water partition coefficient (Wildman–Crippen LogP) is 5.60. The number of fused-ring (bicyclic) bond motifs is 1. The second-order valence-electron chi connectivity index (χ2n) is 7.40. The van der Waals surface area contributed by atoms with Crippen LogP contribution in [0, 0.1) is 6.92 Å². The lowest BCUT2D eigenvalue weighted by molar-refractivity contribution is 0.878. The first-order chi connectivity index (χ1) is 15.3. The van der Waals surface area contributed by atoms with Gasteiger partial charge in [0.2, 0.25) is 0 Å². The van der Waals surface area contributed by atoms with Crippen molar-refractivity contribution in [2.24, 2.45) is 0 Å². The molecule has 0 amide bonds. The summed E-state index contributed by atoms with van der Waals surface area (Å²) in [6.45, 7) is 2.10. The summed E-state index contributed by atoms with van der Waals surface area (Å²) in [6, 6.07) is 26.2. The molecule has 0 saturated carbocycles. The number of aryl methyl sites for hydroxylation is 1. The lowest BCUT2D eigenvalue weighted by atomic mass is 10.0. The zero-order chi connectivity index (χ0) is 21.0. The fourth-order valence-electron chi connectivity index (χ4n) is 3.67. The van der Waals surface area contributed by atoms with E-state index in [-0.39, 0.29) is 6.04 Å². The smallest absolute Gasteiger partial charge is 0.163 e. The molecule has 0 fully saturated rings. The van der Waals surface area contributed by atoms with E-state index in [1.54, 1.807) is 12.4 Å². The van der Waals surface area contributed by atoms with Gasteiger partial charge in [0.15, 0.2) is 5.82 Å². The van der Waals surface area contributed by atoms with Crippen molar-refractivity contribution < 1.29 is 0 Å². The Hall–Kier alpha value is -4.12. The first-order valence-electron chi connectivity index (χ1n) is 10.2. The topological polar surface area (TPSA) is 63.6 Å². The van der Waals surface area contributed by atoms with E-state index in [4.69, 9.17) is 9.97 Å².